The fourth-order valence-corrected chi connectivity index (χ4v) is 5.06. The first-order chi connectivity index (χ1) is 15.5. The minimum absolute atomic E-state index is 0.0238. The Hall–Kier alpha value is -3.52. The second kappa shape index (κ2) is 8.20. The lowest BCUT2D eigenvalue weighted by Gasteiger charge is -2.39. The van der Waals surface area contributed by atoms with E-state index in [1.807, 2.05) is 0 Å². The monoisotopic (exact) mass is 431 g/mol. The summed E-state index contributed by atoms with van der Waals surface area (Å²) in [5.41, 5.74) is 8.72. The maximum Gasteiger partial charge on any atom is 0.269 e. The van der Waals surface area contributed by atoms with E-state index in [0.717, 1.165) is 32.4 Å². The molecule has 164 valence electrons. The molecule has 0 saturated carbocycles. The highest BCUT2D eigenvalue weighted by Crippen LogP contribution is 2.42. The van der Waals surface area contributed by atoms with Crippen LogP contribution >= 0.6 is 0 Å². The minimum atomic E-state index is -0.446. The highest BCUT2D eigenvalue weighted by molar-refractivity contribution is 5.87. The van der Waals surface area contributed by atoms with Crippen LogP contribution in [0.2, 0.25) is 0 Å². The third-order valence-corrected chi connectivity index (χ3v) is 6.49. The number of hydrogen-bond donors (Lipinski definition) is 1. The smallest absolute Gasteiger partial charge is 0.269 e. The van der Waals surface area contributed by atoms with Gasteiger partial charge in [0.2, 0.25) is 0 Å². The Labute approximate surface area is 185 Å². The second-order valence-electron chi connectivity index (χ2n) is 8.56. The number of nitrogens with zero attached hydrogens (tertiary/aromatic N) is 4. The predicted octanol–water partition coefficient (Wildman–Crippen LogP) is 3.70. The van der Waals surface area contributed by atoms with Gasteiger partial charge in [0, 0.05) is 41.8 Å². The number of hydrogen-bond acceptors (Lipinski definition) is 5. The SMILES string of the molecule is Cc1ccc2c(c1)c1c3n2CCN(CC(=O)N/N=C\c2ccc([N+](=O)[O-])cc2)C3CCC1. The molecule has 1 aliphatic heterocycles. The maximum absolute atomic E-state index is 12.6. The van der Waals surface area contributed by atoms with Gasteiger partial charge >= 0.3 is 0 Å². The average molecular weight is 431 g/mol. The molecule has 2 heterocycles. The number of non-ortho nitro benzene ring substituents is 1. The van der Waals surface area contributed by atoms with Crippen molar-refractivity contribution in [1.29, 1.82) is 0 Å². The number of nitro groups is 1. The van der Waals surface area contributed by atoms with Crippen molar-refractivity contribution in [3.63, 3.8) is 0 Å². The number of benzene rings is 2. The molecule has 1 N–H and O–H groups in total. The van der Waals surface area contributed by atoms with E-state index in [1.54, 1.807) is 12.1 Å². The number of carbonyl (C=O) groups is 1. The number of hydrazone groups is 1. The fraction of sp³-hybridized carbons (Fsp3) is 0.333. The number of carbonyl (C=O) groups excluding carboxylic acids is 1. The number of amides is 1. The molecule has 0 saturated heterocycles. The van der Waals surface area contributed by atoms with E-state index >= 15 is 0 Å². The van der Waals surface area contributed by atoms with Crippen molar-refractivity contribution < 1.29 is 9.72 Å². The summed E-state index contributed by atoms with van der Waals surface area (Å²) in [5.74, 6) is -0.157. The van der Waals surface area contributed by atoms with Gasteiger partial charge in [-0.2, -0.15) is 5.10 Å². The van der Waals surface area contributed by atoms with E-state index < -0.39 is 4.92 Å². The van der Waals surface area contributed by atoms with Crippen LogP contribution in [0.3, 0.4) is 0 Å². The molecular formula is C24H25N5O3. The summed E-state index contributed by atoms with van der Waals surface area (Å²) >= 11 is 0. The van der Waals surface area contributed by atoms with Gasteiger partial charge in [-0.1, -0.05) is 11.6 Å². The van der Waals surface area contributed by atoms with Gasteiger partial charge in [0.05, 0.1) is 23.7 Å². The van der Waals surface area contributed by atoms with Gasteiger partial charge in [-0.3, -0.25) is 19.8 Å². The highest BCUT2D eigenvalue weighted by atomic mass is 16.6. The summed E-state index contributed by atoms with van der Waals surface area (Å²) in [6.45, 7) is 4.14. The van der Waals surface area contributed by atoms with Gasteiger partial charge in [-0.15, -0.1) is 0 Å². The zero-order valence-electron chi connectivity index (χ0n) is 18.0. The molecule has 32 heavy (non-hydrogen) atoms. The van der Waals surface area contributed by atoms with Gasteiger partial charge in [-0.25, -0.2) is 5.43 Å². The Kier molecular flexibility index (Phi) is 5.22. The van der Waals surface area contributed by atoms with Gasteiger partial charge < -0.3 is 4.57 Å². The van der Waals surface area contributed by atoms with Crippen LogP contribution in [-0.4, -0.2) is 39.6 Å². The number of aryl methyl sites for hydroxylation is 2. The molecule has 0 spiro atoms. The first kappa shape index (κ1) is 20.4. The molecule has 8 heteroatoms. The molecule has 5 rings (SSSR count). The highest BCUT2D eigenvalue weighted by Gasteiger charge is 2.35. The topological polar surface area (TPSA) is 92.8 Å². The molecule has 0 bridgehead atoms. The molecule has 0 fully saturated rings. The predicted molar refractivity (Wildman–Crippen MR) is 123 cm³/mol. The number of nitrogens with one attached hydrogen (secondary N) is 1. The van der Waals surface area contributed by atoms with Crippen molar-refractivity contribution in [2.75, 3.05) is 13.1 Å². The number of aromatic nitrogens is 1. The molecule has 1 atom stereocenters. The lowest BCUT2D eigenvalue weighted by molar-refractivity contribution is -0.384. The van der Waals surface area contributed by atoms with Crippen molar-refractivity contribution in [2.45, 2.75) is 38.8 Å². The Morgan fingerprint density at radius 1 is 1.25 bits per heavy atom. The van der Waals surface area contributed by atoms with Crippen molar-refractivity contribution in [3.8, 4) is 0 Å². The summed E-state index contributed by atoms with van der Waals surface area (Å²) in [6, 6.07) is 13.0. The van der Waals surface area contributed by atoms with Crippen molar-refractivity contribution in [1.82, 2.24) is 14.9 Å². The van der Waals surface area contributed by atoms with Crippen LogP contribution in [0, 0.1) is 17.0 Å². The molecule has 8 nitrogen and oxygen atoms in total. The van der Waals surface area contributed by atoms with E-state index in [-0.39, 0.29) is 17.6 Å². The lowest BCUT2D eigenvalue weighted by Crippen LogP contribution is -2.44. The zero-order chi connectivity index (χ0) is 22.2. The van der Waals surface area contributed by atoms with E-state index in [0.29, 0.717) is 12.1 Å². The van der Waals surface area contributed by atoms with Crippen LogP contribution in [0.5, 0.6) is 0 Å². The maximum atomic E-state index is 12.6. The van der Waals surface area contributed by atoms with Crippen molar-refractivity contribution in [3.05, 3.63) is 75.0 Å². The number of fused-ring (bicyclic) bond motifs is 3. The zero-order valence-corrected chi connectivity index (χ0v) is 18.0. The number of rotatable bonds is 5. The average Bonchev–Trinajstić information content (AvgIpc) is 3.10. The molecular weight excluding hydrogens is 406 g/mol. The van der Waals surface area contributed by atoms with E-state index in [2.05, 4.69) is 45.1 Å². The Morgan fingerprint density at radius 3 is 2.84 bits per heavy atom. The van der Waals surface area contributed by atoms with Crippen LogP contribution in [0.15, 0.2) is 47.6 Å². The van der Waals surface area contributed by atoms with Crippen molar-refractivity contribution in [2.24, 2.45) is 5.10 Å². The Balaban J connectivity index is 1.28. The molecule has 0 radical (unpaired) electrons. The second-order valence-corrected chi connectivity index (χ2v) is 8.56. The largest absolute Gasteiger partial charge is 0.342 e. The summed E-state index contributed by atoms with van der Waals surface area (Å²) in [5, 5.41) is 16.1. The molecule has 1 aliphatic carbocycles. The Morgan fingerprint density at radius 2 is 2.06 bits per heavy atom. The molecule has 1 unspecified atom stereocenters. The summed E-state index contributed by atoms with van der Waals surface area (Å²) in [6.07, 6.45) is 4.78. The molecule has 3 aromatic rings. The van der Waals surface area contributed by atoms with E-state index in [4.69, 9.17) is 0 Å². The van der Waals surface area contributed by atoms with Gasteiger partial charge in [0.25, 0.3) is 11.6 Å². The first-order valence-corrected chi connectivity index (χ1v) is 10.9. The van der Waals surface area contributed by atoms with Crippen LogP contribution < -0.4 is 5.43 Å². The lowest BCUT2D eigenvalue weighted by atomic mass is 9.89. The molecule has 1 aromatic heterocycles. The van der Waals surface area contributed by atoms with Crippen LogP contribution in [0.4, 0.5) is 5.69 Å². The Bertz CT molecular complexity index is 1230. The minimum Gasteiger partial charge on any atom is -0.342 e. The third-order valence-electron chi connectivity index (χ3n) is 6.49. The fourth-order valence-electron chi connectivity index (χ4n) is 5.06. The third kappa shape index (κ3) is 3.67. The molecule has 2 aliphatic rings. The normalized spacial score (nSPS) is 18.1. The van der Waals surface area contributed by atoms with Gasteiger partial charge in [-0.05, 0) is 61.6 Å². The van der Waals surface area contributed by atoms with Crippen LogP contribution in [0.1, 0.15) is 41.3 Å². The van der Waals surface area contributed by atoms with E-state index in [9.17, 15) is 14.9 Å². The van der Waals surface area contributed by atoms with Gasteiger partial charge in [0.15, 0.2) is 0 Å². The van der Waals surface area contributed by atoms with Crippen LogP contribution in [0.25, 0.3) is 10.9 Å². The molecule has 2 aromatic carbocycles. The molecule has 1 amide bonds. The van der Waals surface area contributed by atoms with Gasteiger partial charge in [0.1, 0.15) is 0 Å². The quantitative estimate of drug-likeness (QED) is 0.379. The summed E-state index contributed by atoms with van der Waals surface area (Å²) in [4.78, 5) is 25.1. The standard InChI is InChI=1S/C24H25N5O3/c1-16-5-10-21-20(13-16)19-3-2-4-22-24(19)28(21)12-11-27(22)15-23(30)26-25-14-17-6-8-18(9-7-17)29(31)32/h5-10,13-14,22H,2-4,11-12,15H2,1H3,(H,26,30)/b25-14-. The number of nitro benzene ring substituents is 1. The summed E-state index contributed by atoms with van der Waals surface area (Å²) in [7, 11) is 0. The van der Waals surface area contributed by atoms with Crippen LogP contribution in [-0.2, 0) is 17.8 Å². The first-order valence-electron chi connectivity index (χ1n) is 10.9. The van der Waals surface area contributed by atoms with E-state index in [1.165, 1.54) is 46.1 Å². The van der Waals surface area contributed by atoms with Crippen molar-refractivity contribution >= 4 is 28.7 Å². The summed E-state index contributed by atoms with van der Waals surface area (Å²) < 4.78 is 2.45.